The lowest BCUT2D eigenvalue weighted by molar-refractivity contribution is -0.137. The molecule has 1 unspecified atom stereocenters. The average molecular weight is 361 g/mol. The second-order valence-corrected chi connectivity index (χ2v) is 7.83. The lowest BCUT2D eigenvalue weighted by Crippen LogP contribution is -2.42. The molecule has 0 aromatic carbocycles. The Hall–Kier alpha value is -1.92. The molecule has 0 spiro atoms. The number of carbonyl (C=O) groups is 2. The number of hydrogen-bond acceptors (Lipinski definition) is 4. The number of aryl methyl sites for hydroxylation is 2. The third-order valence-electron chi connectivity index (χ3n) is 5.74. The Morgan fingerprint density at radius 3 is 2.54 bits per heavy atom. The predicted molar refractivity (Wildman–Crippen MR) is 98.4 cm³/mol. The normalized spacial score (nSPS) is 20.0. The van der Waals surface area contributed by atoms with Crippen LogP contribution in [0.3, 0.4) is 0 Å². The molecule has 3 heterocycles. The number of nitrogens with zero attached hydrogens (tertiary/aromatic N) is 5. The number of aromatic nitrogens is 3. The Balaban J connectivity index is 1.42. The maximum Gasteiger partial charge on any atom is 0.227 e. The maximum atomic E-state index is 12.7. The molecule has 2 amide bonds. The van der Waals surface area contributed by atoms with E-state index in [1.54, 1.807) is 0 Å². The minimum atomic E-state index is -0.0893. The highest BCUT2D eigenvalue weighted by Gasteiger charge is 2.28. The summed E-state index contributed by atoms with van der Waals surface area (Å²) in [5.41, 5.74) is 0. The van der Waals surface area contributed by atoms with Gasteiger partial charge in [-0.3, -0.25) is 9.59 Å². The molecule has 2 aliphatic rings. The van der Waals surface area contributed by atoms with Crippen molar-refractivity contribution in [3.63, 3.8) is 0 Å². The topological polar surface area (TPSA) is 71.3 Å². The minimum Gasteiger partial charge on any atom is -0.343 e. The lowest BCUT2D eigenvalue weighted by atomic mass is 9.92. The van der Waals surface area contributed by atoms with Crippen molar-refractivity contribution in [3.8, 4) is 0 Å². The first-order valence-electron chi connectivity index (χ1n) is 9.88. The van der Waals surface area contributed by atoms with E-state index in [1.807, 2.05) is 35.3 Å². The summed E-state index contributed by atoms with van der Waals surface area (Å²) >= 11 is 0. The summed E-state index contributed by atoms with van der Waals surface area (Å²) in [5, 5.41) is 4.36. The fourth-order valence-electron chi connectivity index (χ4n) is 4.10. The van der Waals surface area contributed by atoms with Crippen LogP contribution in [0.1, 0.15) is 50.7 Å². The summed E-state index contributed by atoms with van der Waals surface area (Å²) in [4.78, 5) is 32.8. The lowest BCUT2D eigenvalue weighted by Gasteiger charge is -2.34. The fourth-order valence-corrected chi connectivity index (χ4v) is 4.10. The van der Waals surface area contributed by atoms with Crippen molar-refractivity contribution in [3.05, 3.63) is 11.6 Å². The quantitative estimate of drug-likeness (QED) is 0.774. The van der Waals surface area contributed by atoms with Crippen LogP contribution in [0, 0.1) is 25.7 Å². The SMILES string of the molecule is Cc1nc(C)n(CC(C)C(=O)N2CCC(CCN3CCCC3=O)CC2)n1. The van der Waals surface area contributed by atoms with Gasteiger partial charge in [0.05, 0.1) is 12.5 Å². The third kappa shape index (κ3) is 4.43. The Morgan fingerprint density at radius 2 is 1.96 bits per heavy atom. The molecule has 1 atom stereocenters. The van der Waals surface area contributed by atoms with Gasteiger partial charge in [-0.2, -0.15) is 5.10 Å². The molecule has 0 radical (unpaired) electrons. The summed E-state index contributed by atoms with van der Waals surface area (Å²) in [6, 6.07) is 0. The van der Waals surface area contributed by atoms with Crippen LogP contribution in [0.4, 0.5) is 0 Å². The van der Waals surface area contributed by atoms with Crippen molar-refractivity contribution in [1.29, 1.82) is 0 Å². The minimum absolute atomic E-state index is 0.0893. The second-order valence-electron chi connectivity index (χ2n) is 7.83. The van der Waals surface area contributed by atoms with E-state index in [0.29, 0.717) is 18.4 Å². The van der Waals surface area contributed by atoms with Gasteiger partial charge in [0.1, 0.15) is 11.6 Å². The van der Waals surface area contributed by atoms with Crippen LogP contribution >= 0.6 is 0 Å². The van der Waals surface area contributed by atoms with Gasteiger partial charge in [0.15, 0.2) is 0 Å². The van der Waals surface area contributed by atoms with E-state index in [9.17, 15) is 9.59 Å². The van der Waals surface area contributed by atoms with E-state index in [-0.39, 0.29) is 11.8 Å². The van der Waals surface area contributed by atoms with Gasteiger partial charge in [-0.05, 0) is 45.4 Å². The van der Waals surface area contributed by atoms with Crippen molar-refractivity contribution in [2.45, 2.75) is 59.4 Å². The molecule has 3 rings (SSSR count). The first-order valence-corrected chi connectivity index (χ1v) is 9.88. The molecule has 2 saturated heterocycles. The zero-order valence-corrected chi connectivity index (χ0v) is 16.3. The van der Waals surface area contributed by atoms with Gasteiger partial charge >= 0.3 is 0 Å². The first kappa shape index (κ1) is 18.9. The maximum absolute atomic E-state index is 12.7. The molecule has 2 aliphatic heterocycles. The van der Waals surface area contributed by atoms with E-state index in [2.05, 4.69) is 10.1 Å². The first-order chi connectivity index (χ1) is 12.4. The Bertz CT molecular complexity index is 648. The number of carbonyl (C=O) groups excluding carboxylic acids is 2. The molecule has 1 aromatic rings. The molecule has 0 aliphatic carbocycles. The smallest absolute Gasteiger partial charge is 0.227 e. The highest BCUT2D eigenvalue weighted by Crippen LogP contribution is 2.23. The summed E-state index contributed by atoms with van der Waals surface area (Å²) in [6.45, 7) is 9.83. The van der Waals surface area contributed by atoms with Crippen LogP contribution in [-0.2, 0) is 16.1 Å². The molecule has 7 nitrogen and oxygen atoms in total. The van der Waals surface area contributed by atoms with Gasteiger partial charge in [0, 0.05) is 32.6 Å². The van der Waals surface area contributed by atoms with Gasteiger partial charge in [-0.25, -0.2) is 9.67 Å². The van der Waals surface area contributed by atoms with Crippen molar-refractivity contribution in [2.75, 3.05) is 26.2 Å². The van der Waals surface area contributed by atoms with Gasteiger partial charge < -0.3 is 9.80 Å². The van der Waals surface area contributed by atoms with Crippen LogP contribution < -0.4 is 0 Å². The van der Waals surface area contributed by atoms with E-state index >= 15 is 0 Å². The second kappa shape index (κ2) is 8.18. The summed E-state index contributed by atoms with van der Waals surface area (Å²) in [6.07, 6.45) is 4.88. The number of hydrogen-bond donors (Lipinski definition) is 0. The molecule has 0 saturated carbocycles. The molecule has 1 aromatic heterocycles. The van der Waals surface area contributed by atoms with Gasteiger partial charge in [0.25, 0.3) is 0 Å². The van der Waals surface area contributed by atoms with Gasteiger partial charge in [-0.15, -0.1) is 0 Å². The average Bonchev–Trinajstić information content (AvgIpc) is 3.17. The predicted octanol–water partition coefficient (Wildman–Crippen LogP) is 1.78. The van der Waals surface area contributed by atoms with Gasteiger partial charge in [-0.1, -0.05) is 6.92 Å². The van der Waals surface area contributed by atoms with Gasteiger partial charge in [0.2, 0.25) is 11.8 Å². The zero-order chi connectivity index (χ0) is 18.7. The Morgan fingerprint density at radius 1 is 1.23 bits per heavy atom. The van der Waals surface area contributed by atoms with Crippen molar-refractivity contribution >= 4 is 11.8 Å². The van der Waals surface area contributed by atoms with Crippen molar-refractivity contribution in [2.24, 2.45) is 11.8 Å². The van der Waals surface area contributed by atoms with Crippen LogP contribution in [0.15, 0.2) is 0 Å². The molecule has 7 heteroatoms. The summed E-state index contributed by atoms with van der Waals surface area (Å²) in [7, 11) is 0. The highest BCUT2D eigenvalue weighted by atomic mass is 16.2. The van der Waals surface area contributed by atoms with E-state index in [4.69, 9.17) is 0 Å². The molecule has 144 valence electrons. The number of piperidine rings is 1. The monoisotopic (exact) mass is 361 g/mol. The molecule has 2 fully saturated rings. The number of amides is 2. The molecular weight excluding hydrogens is 330 g/mol. The summed E-state index contributed by atoms with van der Waals surface area (Å²) < 4.78 is 1.83. The molecule has 0 bridgehead atoms. The van der Waals surface area contributed by atoms with Crippen LogP contribution in [-0.4, -0.2) is 62.6 Å². The Kier molecular flexibility index (Phi) is 5.94. The standard InChI is InChI=1S/C19H31N5O2/c1-14(13-24-16(3)20-15(2)21-24)19(26)23-11-7-17(8-12-23)6-10-22-9-4-5-18(22)25/h14,17H,4-13H2,1-3H3. The highest BCUT2D eigenvalue weighted by molar-refractivity contribution is 5.78. The summed E-state index contributed by atoms with van der Waals surface area (Å²) in [5.74, 6) is 2.67. The number of rotatable bonds is 6. The van der Waals surface area contributed by atoms with Crippen LogP contribution in [0.2, 0.25) is 0 Å². The molecule has 0 N–H and O–H groups in total. The van der Waals surface area contributed by atoms with E-state index in [0.717, 1.165) is 69.9 Å². The third-order valence-corrected chi connectivity index (χ3v) is 5.74. The van der Waals surface area contributed by atoms with Crippen molar-refractivity contribution in [1.82, 2.24) is 24.6 Å². The Labute approximate surface area is 155 Å². The van der Waals surface area contributed by atoms with E-state index in [1.165, 1.54) is 0 Å². The molecule has 26 heavy (non-hydrogen) atoms. The van der Waals surface area contributed by atoms with E-state index < -0.39 is 0 Å². The zero-order valence-electron chi connectivity index (χ0n) is 16.3. The fraction of sp³-hybridized carbons (Fsp3) is 0.789. The van der Waals surface area contributed by atoms with Crippen LogP contribution in [0.25, 0.3) is 0 Å². The van der Waals surface area contributed by atoms with Crippen LogP contribution in [0.5, 0.6) is 0 Å². The largest absolute Gasteiger partial charge is 0.343 e. The van der Waals surface area contributed by atoms with Crippen molar-refractivity contribution < 1.29 is 9.59 Å². The molecular formula is C19H31N5O2. The number of likely N-dealkylation sites (tertiary alicyclic amines) is 2.